The molecule has 8 heteroatoms. The normalized spacial score (nSPS) is 16.3. The van der Waals surface area contributed by atoms with Gasteiger partial charge in [-0.15, -0.1) is 5.10 Å². The van der Waals surface area contributed by atoms with Crippen molar-refractivity contribution in [2.45, 2.75) is 18.9 Å². The molecule has 1 atom stereocenters. The van der Waals surface area contributed by atoms with Gasteiger partial charge in [-0.2, -0.15) is 9.50 Å². The summed E-state index contributed by atoms with van der Waals surface area (Å²) in [6.07, 6.45) is 3.68. The van der Waals surface area contributed by atoms with Crippen molar-refractivity contribution >= 4 is 16.3 Å². The van der Waals surface area contributed by atoms with Crippen LogP contribution in [0.4, 0.5) is 4.39 Å². The fraction of sp³-hybridized carbons (Fsp3) is 0.263. The first-order valence-corrected chi connectivity index (χ1v) is 9.65. The molecule has 1 N–H and O–H groups in total. The summed E-state index contributed by atoms with van der Waals surface area (Å²) in [5.41, 5.74) is 0.561. The van der Waals surface area contributed by atoms with Crippen LogP contribution in [0.25, 0.3) is 16.5 Å². The van der Waals surface area contributed by atoms with E-state index in [-0.39, 0.29) is 17.7 Å². The largest absolute Gasteiger partial charge is 0.492 e. The molecule has 1 fully saturated rings. The molecule has 1 saturated heterocycles. The topological polar surface area (TPSA) is 66.8 Å². The van der Waals surface area contributed by atoms with Gasteiger partial charge in [-0.3, -0.25) is 4.90 Å². The van der Waals surface area contributed by atoms with E-state index in [1.165, 1.54) is 21.9 Å². The highest BCUT2D eigenvalue weighted by molar-refractivity contribution is 7.17. The minimum atomic E-state index is -0.353. The van der Waals surface area contributed by atoms with Crippen molar-refractivity contribution < 1.29 is 13.9 Å². The molecule has 1 unspecified atom stereocenters. The summed E-state index contributed by atoms with van der Waals surface area (Å²) in [7, 11) is 0. The fourth-order valence-electron chi connectivity index (χ4n) is 3.64. The van der Waals surface area contributed by atoms with Crippen LogP contribution < -0.4 is 0 Å². The molecule has 0 amide bonds. The van der Waals surface area contributed by atoms with Crippen LogP contribution in [0.2, 0.25) is 0 Å². The number of fused-ring (bicyclic) bond motifs is 1. The Bertz CT molecular complexity index is 1080. The van der Waals surface area contributed by atoms with Gasteiger partial charge >= 0.3 is 0 Å². The molecule has 1 aromatic carbocycles. The van der Waals surface area contributed by atoms with Crippen LogP contribution >= 0.6 is 11.3 Å². The van der Waals surface area contributed by atoms with E-state index < -0.39 is 0 Å². The third-order valence-corrected chi connectivity index (χ3v) is 5.97. The molecule has 1 aliphatic heterocycles. The molecule has 138 valence electrons. The zero-order valence-electron chi connectivity index (χ0n) is 14.4. The Morgan fingerprint density at radius 2 is 1.96 bits per heavy atom. The number of likely N-dealkylation sites (tertiary alicyclic amines) is 1. The number of hydrogen-bond acceptors (Lipinski definition) is 6. The maximum atomic E-state index is 14.6. The highest BCUT2D eigenvalue weighted by atomic mass is 32.1. The summed E-state index contributed by atoms with van der Waals surface area (Å²) >= 11 is 1.33. The third kappa shape index (κ3) is 2.72. The summed E-state index contributed by atoms with van der Waals surface area (Å²) < 4.78 is 21.3. The van der Waals surface area contributed by atoms with Gasteiger partial charge in [0.05, 0.1) is 17.2 Å². The van der Waals surface area contributed by atoms with E-state index in [2.05, 4.69) is 15.0 Å². The Hall–Kier alpha value is -2.71. The highest BCUT2D eigenvalue weighted by Crippen LogP contribution is 2.42. The Morgan fingerprint density at radius 3 is 2.67 bits per heavy atom. The summed E-state index contributed by atoms with van der Waals surface area (Å²) in [6, 6.07) is 9.92. The first-order chi connectivity index (χ1) is 13.2. The van der Waals surface area contributed by atoms with E-state index in [0.717, 1.165) is 25.9 Å². The van der Waals surface area contributed by atoms with E-state index in [0.29, 0.717) is 27.0 Å². The number of furan rings is 1. The lowest BCUT2D eigenvalue weighted by Gasteiger charge is -2.27. The van der Waals surface area contributed by atoms with Gasteiger partial charge in [0.15, 0.2) is 5.76 Å². The van der Waals surface area contributed by atoms with Gasteiger partial charge in [0.2, 0.25) is 16.7 Å². The number of aromatic hydroxyl groups is 1. The van der Waals surface area contributed by atoms with Crippen LogP contribution in [0.15, 0.2) is 47.1 Å². The van der Waals surface area contributed by atoms with Crippen LogP contribution in [0, 0.1) is 5.82 Å². The van der Waals surface area contributed by atoms with E-state index in [1.54, 1.807) is 30.5 Å². The van der Waals surface area contributed by atoms with Crippen LogP contribution in [0.5, 0.6) is 5.88 Å². The molecule has 0 bridgehead atoms. The first-order valence-electron chi connectivity index (χ1n) is 8.83. The average molecular weight is 384 g/mol. The molecule has 4 heterocycles. The van der Waals surface area contributed by atoms with E-state index in [9.17, 15) is 9.50 Å². The van der Waals surface area contributed by atoms with Gasteiger partial charge in [-0.05, 0) is 44.1 Å². The molecule has 1 aliphatic rings. The number of hydrogen-bond donors (Lipinski definition) is 1. The second-order valence-electron chi connectivity index (χ2n) is 6.56. The van der Waals surface area contributed by atoms with Gasteiger partial charge in [0, 0.05) is 5.56 Å². The zero-order chi connectivity index (χ0) is 18.4. The quantitative estimate of drug-likeness (QED) is 0.574. The molecule has 6 nitrogen and oxygen atoms in total. The zero-order valence-corrected chi connectivity index (χ0v) is 15.2. The molecule has 0 radical (unpaired) electrons. The predicted molar refractivity (Wildman–Crippen MR) is 99.3 cm³/mol. The fourth-order valence-corrected chi connectivity index (χ4v) is 4.75. The Kier molecular flexibility index (Phi) is 3.95. The molecule has 3 aromatic heterocycles. The van der Waals surface area contributed by atoms with Crippen molar-refractivity contribution in [3.8, 4) is 17.5 Å². The summed E-state index contributed by atoms with van der Waals surface area (Å²) in [5.74, 6) is 0.679. The second-order valence-corrected chi connectivity index (χ2v) is 7.57. The number of rotatable bonds is 4. The second kappa shape index (κ2) is 6.47. The molecule has 0 aliphatic carbocycles. The lowest BCUT2D eigenvalue weighted by Crippen LogP contribution is -2.26. The Balaban J connectivity index is 1.63. The molecular weight excluding hydrogens is 367 g/mol. The van der Waals surface area contributed by atoms with Gasteiger partial charge in [-0.1, -0.05) is 29.5 Å². The molecule has 27 heavy (non-hydrogen) atoms. The van der Waals surface area contributed by atoms with E-state index in [1.807, 2.05) is 6.07 Å². The van der Waals surface area contributed by atoms with Crippen molar-refractivity contribution in [1.29, 1.82) is 0 Å². The molecule has 0 spiro atoms. The lowest BCUT2D eigenvalue weighted by atomic mass is 10.0. The first kappa shape index (κ1) is 16.5. The number of nitrogens with zero attached hydrogens (tertiary/aromatic N) is 4. The van der Waals surface area contributed by atoms with Crippen molar-refractivity contribution in [3.63, 3.8) is 0 Å². The molecule has 0 saturated carbocycles. The third-order valence-electron chi connectivity index (χ3n) is 4.90. The summed E-state index contributed by atoms with van der Waals surface area (Å²) in [5, 5.41) is 15.2. The smallest absolute Gasteiger partial charge is 0.230 e. The minimum absolute atomic E-state index is 0.000425. The Labute approximate surface area is 158 Å². The average Bonchev–Trinajstić information content (AvgIpc) is 3.44. The van der Waals surface area contributed by atoms with Crippen molar-refractivity contribution in [1.82, 2.24) is 19.5 Å². The summed E-state index contributed by atoms with van der Waals surface area (Å²) in [6.45, 7) is 1.73. The van der Waals surface area contributed by atoms with Gasteiger partial charge < -0.3 is 9.52 Å². The molecule has 4 aromatic rings. The van der Waals surface area contributed by atoms with Gasteiger partial charge in [-0.25, -0.2) is 4.39 Å². The summed E-state index contributed by atoms with van der Waals surface area (Å²) in [4.78, 5) is 7.88. The van der Waals surface area contributed by atoms with Gasteiger partial charge in [0.1, 0.15) is 5.82 Å². The van der Waals surface area contributed by atoms with Crippen LogP contribution in [0.1, 0.15) is 29.3 Å². The maximum Gasteiger partial charge on any atom is 0.230 e. The number of halogens is 1. The number of aromatic nitrogens is 3. The maximum absolute atomic E-state index is 14.6. The van der Waals surface area contributed by atoms with Gasteiger partial charge in [0.25, 0.3) is 0 Å². The molecule has 5 rings (SSSR count). The monoisotopic (exact) mass is 384 g/mol. The van der Waals surface area contributed by atoms with Crippen molar-refractivity contribution in [3.05, 3.63) is 58.9 Å². The van der Waals surface area contributed by atoms with E-state index >= 15 is 0 Å². The highest BCUT2D eigenvalue weighted by Gasteiger charge is 2.32. The van der Waals surface area contributed by atoms with Crippen LogP contribution in [0.3, 0.4) is 0 Å². The van der Waals surface area contributed by atoms with Crippen LogP contribution in [-0.2, 0) is 0 Å². The SMILES string of the molecule is Oc1c(C(c2ccccc2F)N2CCCC2)sc2nc(-c3ccco3)nn12. The Morgan fingerprint density at radius 1 is 1.15 bits per heavy atom. The van der Waals surface area contributed by atoms with Crippen molar-refractivity contribution in [2.75, 3.05) is 13.1 Å². The van der Waals surface area contributed by atoms with Crippen LogP contribution in [-0.4, -0.2) is 37.7 Å². The predicted octanol–water partition coefficient (Wildman–Crippen LogP) is 4.08. The number of benzene rings is 1. The molecular formula is C19H17FN4O2S. The van der Waals surface area contributed by atoms with E-state index in [4.69, 9.17) is 4.42 Å². The standard InChI is InChI=1S/C19H17FN4O2S/c20-13-7-2-1-6-12(13)15(23-9-3-4-10-23)16-18(25)24-19(27-16)21-17(22-24)14-8-5-11-26-14/h1-2,5-8,11,15,25H,3-4,9-10H2. The minimum Gasteiger partial charge on any atom is -0.492 e. The number of thiazole rings is 1. The van der Waals surface area contributed by atoms with Crippen molar-refractivity contribution in [2.24, 2.45) is 0 Å². The lowest BCUT2D eigenvalue weighted by molar-refractivity contribution is 0.272.